The third kappa shape index (κ3) is 6.95. The second-order valence-electron chi connectivity index (χ2n) is 13.8. The van der Waals surface area contributed by atoms with Gasteiger partial charge in [-0.15, -0.1) is 0 Å². The highest BCUT2D eigenvalue weighted by Crippen LogP contribution is 2.39. The molecule has 0 unspecified atom stereocenters. The van der Waals surface area contributed by atoms with Crippen LogP contribution in [0.1, 0.15) is 80.6 Å². The lowest BCUT2D eigenvalue weighted by Gasteiger charge is -2.43. The van der Waals surface area contributed by atoms with E-state index in [9.17, 15) is 4.79 Å². The smallest absolute Gasteiger partial charge is 0.266 e. The van der Waals surface area contributed by atoms with Crippen molar-refractivity contribution < 1.29 is 18.7 Å². The van der Waals surface area contributed by atoms with Crippen molar-refractivity contribution in [3.05, 3.63) is 60.7 Å². The lowest BCUT2D eigenvalue weighted by atomic mass is 9.81. The van der Waals surface area contributed by atoms with E-state index in [1.807, 2.05) is 0 Å². The largest absolute Gasteiger partial charge is 0.468 e. The summed E-state index contributed by atoms with van der Waals surface area (Å²) in [4.78, 5) is 15.6. The molecule has 2 aliphatic heterocycles. The van der Waals surface area contributed by atoms with Crippen LogP contribution in [0.4, 0.5) is 0 Å². The summed E-state index contributed by atoms with van der Waals surface area (Å²) < 4.78 is 19.5. The van der Waals surface area contributed by atoms with Gasteiger partial charge in [-0.3, -0.25) is 9.69 Å². The Morgan fingerprint density at radius 3 is 1.95 bits per heavy atom. The number of hydrogen-bond acceptors (Lipinski definition) is 5. The molecule has 2 aromatic carbocycles. The first-order chi connectivity index (χ1) is 19.4. The van der Waals surface area contributed by atoms with Crippen LogP contribution < -0.4 is 10.4 Å². The molecule has 0 saturated carbocycles. The summed E-state index contributed by atoms with van der Waals surface area (Å²) in [7, 11) is -2.64. The van der Waals surface area contributed by atoms with Gasteiger partial charge in [0.15, 0.2) is 0 Å². The number of thiocarbonyl (C=S) groups is 1. The van der Waals surface area contributed by atoms with E-state index >= 15 is 0 Å². The molecule has 0 N–H and O–H groups in total. The van der Waals surface area contributed by atoms with Crippen LogP contribution in [0.15, 0.2) is 60.7 Å². The van der Waals surface area contributed by atoms with Crippen molar-refractivity contribution in [1.82, 2.24) is 4.90 Å². The van der Waals surface area contributed by atoms with E-state index in [1.54, 1.807) is 4.90 Å². The third-order valence-corrected chi connectivity index (χ3v) is 13.8. The van der Waals surface area contributed by atoms with Gasteiger partial charge in [-0.1, -0.05) is 109 Å². The Bertz CT molecular complexity index is 1110. The highest BCUT2D eigenvalue weighted by Gasteiger charge is 2.52. The number of amides is 1. The van der Waals surface area contributed by atoms with Crippen LogP contribution in [0.3, 0.4) is 0 Å². The molecule has 0 bridgehead atoms. The first kappa shape index (κ1) is 31.9. The van der Waals surface area contributed by atoms with Gasteiger partial charge in [-0.05, 0) is 65.1 Å². The molecule has 2 atom stereocenters. The fourth-order valence-corrected chi connectivity index (χ4v) is 12.1. The van der Waals surface area contributed by atoms with Gasteiger partial charge in [0.2, 0.25) is 5.91 Å². The van der Waals surface area contributed by atoms with Crippen molar-refractivity contribution in [2.24, 2.45) is 11.8 Å². The predicted octanol–water partition coefficient (Wildman–Crippen LogP) is 6.48. The Labute approximate surface area is 254 Å². The van der Waals surface area contributed by atoms with E-state index in [1.165, 1.54) is 10.4 Å². The number of rotatable bonds is 11. The maximum absolute atomic E-state index is 13.8. The zero-order chi connectivity index (χ0) is 29.8. The van der Waals surface area contributed by atoms with E-state index in [0.717, 1.165) is 25.7 Å². The molecule has 7 heteroatoms. The SMILES string of the molecule is CC(C)CC1(CC(C)C)COC(=S)N1C(=O)C[C@@H]1CC[C@@H](CO[Si](c2ccccc2)(c2ccccc2)C(C)(C)C)O1. The summed E-state index contributed by atoms with van der Waals surface area (Å²) in [6, 6.07) is 21.4. The molecule has 0 spiro atoms. The van der Waals surface area contributed by atoms with Crippen molar-refractivity contribution in [1.29, 1.82) is 0 Å². The summed E-state index contributed by atoms with van der Waals surface area (Å²) in [5.74, 6) is 0.880. The average Bonchev–Trinajstić information content (AvgIpc) is 3.47. The minimum absolute atomic E-state index is 0.0207. The minimum atomic E-state index is -2.64. The fraction of sp³-hybridized carbons (Fsp3) is 0.588. The van der Waals surface area contributed by atoms with Gasteiger partial charge in [0.1, 0.15) is 6.61 Å². The van der Waals surface area contributed by atoms with E-state index in [2.05, 4.69) is 109 Å². The van der Waals surface area contributed by atoms with Gasteiger partial charge in [0.05, 0.1) is 30.8 Å². The van der Waals surface area contributed by atoms with E-state index in [0.29, 0.717) is 36.6 Å². The fourth-order valence-electron chi connectivity index (χ4n) is 7.11. The van der Waals surface area contributed by atoms with Crippen molar-refractivity contribution in [3.63, 3.8) is 0 Å². The van der Waals surface area contributed by atoms with Gasteiger partial charge >= 0.3 is 0 Å². The van der Waals surface area contributed by atoms with E-state index in [-0.39, 0.29) is 28.7 Å². The van der Waals surface area contributed by atoms with Crippen LogP contribution in [-0.2, 0) is 18.7 Å². The Balaban J connectivity index is 1.48. The van der Waals surface area contributed by atoms with Crippen LogP contribution in [0.2, 0.25) is 5.04 Å². The van der Waals surface area contributed by atoms with Gasteiger partial charge in [-0.25, -0.2) is 0 Å². The number of carbonyl (C=O) groups is 1. The summed E-state index contributed by atoms with van der Waals surface area (Å²) in [5.41, 5.74) is -0.374. The highest BCUT2D eigenvalue weighted by molar-refractivity contribution is 7.80. The summed E-state index contributed by atoms with van der Waals surface area (Å²) in [5, 5.41) is 2.75. The molecule has 2 aromatic rings. The molecule has 5 nitrogen and oxygen atoms in total. The maximum atomic E-state index is 13.8. The second kappa shape index (κ2) is 13.1. The minimum Gasteiger partial charge on any atom is -0.468 e. The van der Waals surface area contributed by atoms with Crippen molar-refractivity contribution in [2.75, 3.05) is 13.2 Å². The number of ether oxygens (including phenoxy) is 2. The molecule has 0 aliphatic carbocycles. The first-order valence-electron chi connectivity index (χ1n) is 15.3. The quantitative estimate of drug-likeness (QED) is 0.220. The van der Waals surface area contributed by atoms with Crippen LogP contribution in [0.25, 0.3) is 0 Å². The molecule has 2 fully saturated rings. The molecule has 41 heavy (non-hydrogen) atoms. The molecule has 0 radical (unpaired) electrons. The van der Waals surface area contributed by atoms with Gasteiger partial charge < -0.3 is 13.9 Å². The number of nitrogens with zero attached hydrogens (tertiary/aromatic N) is 1. The van der Waals surface area contributed by atoms with Gasteiger partial charge in [0, 0.05) is 0 Å². The van der Waals surface area contributed by atoms with Crippen LogP contribution in [-0.4, -0.2) is 55.3 Å². The summed E-state index contributed by atoms with van der Waals surface area (Å²) in [6.07, 6.45) is 3.58. The van der Waals surface area contributed by atoms with E-state index < -0.39 is 8.32 Å². The van der Waals surface area contributed by atoms with Gasteiger partial charge in [-0.2, -0.15) is 0 Å². The highest BCUT2D eigenvalue weighted by atomic mass is 32.1. The Kier molecular flexibility index (Phi) is 10.2. The number of hydrogen-bond donors (Lipinski definition) is 0. The topological polar surface area (TPSA) is 48.0 Å². The monoisotopic (exact) mass is 595 g/mol. The lowest BCUT2D eigenvalue weighted by molar-refractivity contribution is -0.134. The van der Waals surface area contributed by atoms with Crippen LogP contribution in [0, 0.1) is 11.8 Å². The standard InChI is InChI=1S/C34H49NO4SSi/c1-25(2)21-34(22-26(3)4)24-37-32(40)35(34)31(36)20-27-18-19-28(39-27)23-38-41(33(5,6)7,29-14-10-8-11-15-29)30-16-12-9-13-17-30/h8-17,25-28H,18-24H2,1-7H3/t27-,28-/m0/s1. The van der Waals surface area contributed by atoms with E-state index in [4.69, 9.17) is 26.1 Å². The van der Waals surface area contributed by atoms with Gasteiger partial charge in [0.25, 0.3) is 13.5 Å². The first-order valence-corrected chi connectivity index (χ1v) is 17.6. The Morgan fingerprint density at radius 2 is 1.46 bits per heavy atom. The molecule has 2 aliphatic rings. The zero-order valence-corrected chi connectivity index (χ0v) is 27.8. The van der Waals surface area contributed by atoms with Crippen molar-refractivity contribution >= 4 is 42.0 Å². The Hall–Kier alpha value is -2.06. The Morgan fingerprint density at radius 1 is 0.951 bits per heavy atom. The average molecular weight is 596 g/mol. The van der Waals surface area contributed by atoms with Crippen LogP contribution >= 0.6 is 12.2 Å². The van der Waals surface area contributed by atoms with Crippen molar-refractivity contribution in [3.8, 4) is 0 Å². The lowest BCUT2D eigenvalue weighted by Crippen LogP contribution is -2.67. The number of benzene rings is 2. The second-order valence-corrected chi connectivity index (χ2v) is 18.5. The predicted molar refractivity (Wildman–Crippen MR) is 173 cm³/mol. The third-order valence-electron chi connectivity index (χ3n) is 8.45. The van der Waals surface area contributed by atoms with Crippen molar-refractivity contribution in [2.45, 2.75) is 103 Å². The zero-order valence-electron chi connectivity index (χ0n) is 26.0. The molecule has 0 aromatic heterocycles. The maximum Gasteiger partial charge on any atom is 0.266 e. The number of carbonyl (C=O) groups excluding carboxylic acids is 1. The molecule has 2 saturated heterocycles. The van der Waals surface area contributed by atoms with Crippen LogP contribution in [0.5, 0.6) is 0 Å². The molecule has 224 valence electrons. The molecule has 1 amide bonds. The summed E-state index contributed by atoms with van der Waals surface area (Å²) in [6.45, 7) is 16.6. The molecule has 2 heterocycles. The summed E-state index contributed by atoms with van der Waals surface area (Å²) >= 11 is 5.57. The molecule has 4 rings (SSSR count). The molecular formula is C34H49NO4SSi. The molecular weight excluding hydrogens is 547 g/mol. The normalized spacial score (nSPS) is 21.1.